The van der Waals surface area contributed by atoms with Crippen molar-refractivity contribution in [3.05, 3.63) is 65.2 Å². The highest BCUT2D eigenvalue weighted by Crippen LogP contribution is 2.21. The molecule has 2 N–H and O–H groups in total. The lowest BCUT2D eigenvalue weighted by Gasteiger charge is -2.21. The normalized spacial score (nSPS) is 12.2. The van der Waals surface area contributed by atoms with Gasteiger partial charge in [0.2, 0.25) is 0 Å². The van der Waals surface area contributed by atoms with Crippen LogP contribution in [-0.4, -0.2) is 7.05 Å². The second-order valence-electron chi connectivity index (χ2n) is 5.39. The summed E-state index contributed by atoms with van der Waals surface area (Å²) in [5.74, 6) is 0. The first-order valence-corrected chi connectivity index (χ1v) is 7.23. The summed E-state index contributed by atoms with van der Waals surface area (Å²) < 4.78 is 0. The highest BCUT2D eigenvalue weighted by atomic mass is 15.1. The summed E-state index contributed by atoms with van der Waals surface area (Å²) in [4.78, 5) is 2.27. The minimum Gasteiger partial charge on any atom is -0.370 e. The molecule has 0 aliphatic heterocycles. The maximum Gasteiger partial charge on any atom is 0.0428 e. The summed E-state index contributed by atoms with van der Waals surface area (Å²) in [6.45, 7) is 5.20. The maximum absolute atomic E-state index is 6.05. The molecule has 0 spiro atoms. The summed E-state index contributed by atoms with van der Waals surface area (Å²) in [6, 6.07) is 17.3. The van der Waals surface area contributed by atoms with Crippen LogP contribution >= 0.6 is 0 Å². The number of anilines is 1. The van der Waals surface area contributed by atoms with Crippen LogP contribution in [0.15, 0.2) is 48.5 Å². The first-order chi connectivity index (χ1) is 9.61. The van der Waals surface area contributed by atoms with Gasteiger partial charge in [-0.25, -0.2) is 0 Å². The van der Waals surface area contributed by atoms with Crippen molar-refractivity contribution in [2.24, 2.45) is 5.73 Å². The van der Waals surface area contributed by atoms with E-state index in [1.807, 2.05) is 0 Å². The van der Waals surface area contributed by atoms with Crippen molar-refractivity contribution in [2.45, 2.75) is 32.9 Å². The van der Waals surface area contributed by atoms with E-state index in [-0.39, 0.29) is 6.04 Å². The average molecular weight is 268 g/mol. The molecule has 0 heterocycles. The molecule has 1 atom stereocenters. The van der Waals surface area contributed by atoms with Crippen molar-refractivity contribution in [1.82, 2.24) is 0 Å². The smallest absolute Gasteiger partial charge is 0.0428 e. The SMILES string of the molecule is CCC(N)c1ccc(N(C)Cc2ccccc2C)cc1. The largest absolute Gasteiger partial charge is 0.370 e. The van der Waals surface area contributed by atoms with Gasteiger partial charge in [0.05, 0.1) is 0 Å². The van der Waals surface area contributed by atoms with E-state index in [0.717, 1.165) is 13.0 Å². The Morgan fingerprint density at radius 2 is 1.70 bits per heavy atom. The minimum atomic E-state index is 0.144. The third-order valence-corrected chi connectivity index (χ3v) is 3.87. The highest BCUT2D eigenvalue weighted by molar-refractivity contribution is 5.48. The van der Waals surface area contributed by atoms with Crippen molar-refractivity contribution in [3.63, 3.8) is 0 Å². The third-order valence-electron chi connectivity index (χ3n) is 3.87. The molecule has 2 rings (SSSR count). The summed E-state index contributed by atoms with van der Waals surface area (Å²) in [5.41, 5.74) is 11.2. The van der Waals surface area contributed by atoms with Crippen LogP contribution in [0, 0.1) is 6.92 Å². The van der Waals surface area contributed by atoms with Gasteiger partial charge in [-0.3, -0.25) is 0 Å². The van der Waals surface area contributed by atoms with E-state index < -0.39 is 0 Å². The summed E-state index contributed by atoms with van der Waals surface area (Å²) in [5, 5.41) is 0. The quantitative estimate of drug-likeness (QED) is 0.886. The molecule has 0 amide bonds. The summed E-state index contributed by atoms with van der Waals surface area (Å²) >= 11 is 0. The average Bonchev–Trinajstić information content (AvgIpc) is 2.49. The molecule has 2 heteroatoms. The topological polar surface area (TPSA) is 29.3 Å². The van der Waals surface area contributed by atoms with Crippen molar-refractivity contribution in [1.29, 1.82) is 0 Å². The Hall–Kier alpha value is -1.80. The van der Waals surface area contributed by atoms with E-state index in [9.17, 15) is 0 Å². The predicted octanol–water partition coefficient (Wildman–Crippen LogP) is 4.04. The molecule has 0 radical (unpaired) electrons. The van der Waals surface area contributed by atoms with Gasteiger partial charge in [-0.15, -0.1) is 0 Å². The van der Waals surface area contributed by atoms with Gasteiger partial charge in [0.15, 0.2) is 0 Å². The van der Waals surface area contributed by atoms with Gasteiger partial charge in [-0.2, -0.15) is 0 Å². The molecule has 0 saturated carbocycles. The van der Waals surface area contributed by atoms with E-state index in [4.69, 9.17) is 5.73 Å². The van der Waals surface area contributed by atoms with Crippen molar-refractivity contribution < 1.29 is 0 Å². The van der Waals surface area contributed by atoms with Gasteiger partial charge in [-0.05, 0) is 42.2 Å². The summed E-state index contributed by atoms with van der Waals surface area (Å²) in [7, 11) is 2.13. The Kier molecular flexibility index (Phi) is 4.80. The van der Waals surface area contributed by atoms with E-state index in [2.05, 4.69) is 74.3 Å². The van der Waals surface area contributed by atoms with Crippen molar-refractivity contribution in [2.75, 3.05) is 11.9 Å². The minimum absolute atomic E-state index is 0.144. The van der Waals surface area contributed by atoms with E-state index in [1.165, 1.54) is 22.4 Å². The second kappa shape index (κ2) is 6.58. The molecule has 2 nitrogen and oxygen atoms in total. The molecule has 2 aromatic rings. The van der Waals surface area contributed by atoms with Gasteiger partial charge in [0.1, 0.15) is 0 Å². The molecule has 2 aromatic carbocycles. The summed E-state index contributed by atoms with van der Waals surface area (Å²) in [6.07, 6.45) is 0.971. The lowest BCUT2D eigenvalue weighted by atomic mass is 10.0. The number of benzene rings is 2. The Morgan fingerprint density at radius 1 is 1.05 bits per heavy atom. The third kappa shape index (κ3) is 3.40. The fourth-order valence-corrected chi connectivity index (χ4v) is 2.35. The second-order valence-corrected chi connectivity index (χ2v) is 5.39. The predicted molar refractivity (Wildman–Crippen MR) is 86.9 cm³/mol. The van der Waals surface area contributed by atoms with Gasteiger partial charge < -0.3 is 10.6 Å². The molecule has 0 aliphatic rings. The molecular weight excluding hydrogens is 244 g/mol. The molecule has 0 bridgehead atoms. The van der Waals surface area contributed by atoms with Crippen molar-refractivity contribution in [3.8, 4) is 0 Å². The fourth-order valence-electron chi connectivity index (χ4n) is 2.35. The number of nitrogens with zero attached hydrogens (tertiary/aromatic N) is 1. The first-order valence-electron chi connectivity index (χ1n) is 7.23. The van der Waals surface area contributed by atoms with Crippen LogP contribution in [0.4, 0.5) is 5.69 Å². The Balaban J connectivity index is 2.10. The molecular formula is C18H24N2. The van der Waals surface area contributed by atoms with Gasteiger partial charge in [-0.1, -0.05) is 43.3 Å². The molecule has 0 fully saturated rings. The van der Waals surface area contributed by atoms with Gasteiger partial charge in [0.25, 0.3) is 0 Å². The molecule has 0 aromatic heterocycles. The first kappa shape index (κ1) is 14.6. The van der Waals surface area contributed by atoms with Crippen LogP contribution in [0.1, 0.15) is 36.1 Å². The van der Waals surface area contributed by atoms with Crippen LogP contribution in [0.5, 0.6) is 0 Å². The fraction of sp³-hybridized carbons (Fsp3) is 0.333. The molecule has 0 aliphatic carbocycles. The number of nitrogens with two attached hydrogens (primary N) is 1. The van der Waals surface area contributed by atoms with Gasteiger partial charge >= 0.3 is 0 Å². The molecule has 0 saturated heterocycles. The number of aryl methyl sites for hydroxylation is 1. The van der Waals surface area contributed by atoms with Crippen molar-refractivity contribution >= 4 is 5.69 Å². The Labute approximate surface area is 122 Å². The zero-order chi connectivity index (χ0) is 14.5. The lowest BCUT2D eigenvalue weighted by molar-refractivity contribution is 0.698. The van der Waals surface area contributed by atoms with E-state index in [0.29, 0.717) is 0 Å². The monoisotopic (exact) mass is 268 g/mol. The standard InChI is InChI=1S/C18H24N2/c1-4-18(19)15-9-11-17(12-10-15)20(3)13-16-8-6-5-7-14(16)2/h5-12,18H,4,13,19H2,1-3H3. The van der Waals surface area contributed by atoms with E-state index in [1.54, 1.807) is 0 Å². The van der Waals surface area contributed by atoms with Crippen LogP contribution in [0.2, 0.25) is 0 Å². The molecule has 106 valence electrons. The van der Waals surface area contributed by atoms with Crippen LogP contribution < -0.4 is 10.6 Å². The number of hydrogen-bond donors (Lipinski definition) is 1. The molecule has 20 heavy (non-hydrogen) atoms. The Morgan fingerprint density at radius 3 is 2.30 bits per heavy atom. The van der Waals surface area contributed by atoms with Crippen LogP contribution in [-0.2, 0) is 6.54 Å². The highest BCUT2D eigenvalue weighted by Gasteiger charge is 2.06. The number of hydrogen-bond acceptors (Lipinski definition) is 2. The van der Waals surface area contributed by atoms with Crippen LogP contribution in [0.25, 0.3) is 0 Å². The van der Waals surface area contributed by atoms with E-state index >= 15 is 0 Å². The zero-order valence-corrected chi connectivity index (χ0v) is 12.6. The molecule has 1 unspecified atom stereocenters. The van der Waals surface area contributed by atoms with Gasteiger partial charge in [0, 0.05) is 25.3 Å². The van der Waals surface area contributed by atoms with Crippen LogP contribution in [0.3, 0.4) is 0 Å². The zero-order valence-electron chi connectivity index (χ0n) is 12.6. The Bertz CT molecular complexity index is 546. The lowest BCUT2D eigenvalue weighted by Crippen LogP contribution is -2.17. The number of rotatable bonds is 5. The maximum atomic E-state index is 6.05.